The van der Waals surface area contributed by atoms with Crippen LogP contribution in [0.25, 0.3) is 0 Å². The fraction of sp³-hybridized carbons (Fsp3) is 0.326. The largest absolute Gasteiger partial charge is 0.480 e. The summed E-state index contributed by atoms with van der Waals surface area (Å²) in [6.45, 7) is 3.03. The van der Waals surface area contributed by atoms with Crippen LogP contribution >= 0.6 is 0 Å². The monoisotopic (exact) mass is 793 g/mol. The van der Waals surface area contributed by atoms with Gasteiger partial charge in [0.2, 0.25) is 0 Å². The number of carbonyl (C=O) groups is 4. The minimum Gasteiger partial charge on any atom is -0.480 e. The fourth-order valence-electron chi connectivity index (χ4n) is 5.68. The van der Waals surface area contributed by atoms with Crippen molar-refractivity contribution < 1.29 is 29.0 Å². The fourth-order valence-corrected chi connectivity index (χ4v) is 5.68. The SMILES string of the molecule is CCOC(=O)C(Cc1ccccc1)NC(=O)NCCCCc1ccc(C=NN)cc1.NN=Cc1ccc(CCCCNC(=O)NC(Cc2cccnc2)C(=O)O)cc1. The first-order valence-electron chi connectivity index (χ1n) is 19.3. The minimum atomic E-state index is -1.08. The number of nitrogens with one attached hydrogen (secondary N) is 4. The molecule has 0 aliphatic rings. The van der Waals surface area contributed by atoms with E-state index in [4.69, 9.17) is 16.4 Å². The number of carbonyl (C=O) groups excluding carboxylic acids is 3. The van der Waals surface area contributed by atoms with Gasteiger partial charge in [-0.15, -0.1) is 0 Å². The summed E-state index contributed by atoms with van der Waals surface area (Å²) in [4.78, 5) is 51.7. The van der Waals surface area contributed by atoms with E-state index in [0.29, 0.717) is 19.5 Å². The molecule has 9 N–H and O–H groups in total. The Labute approximate surface area is 339 Å². The van der Waals surface area contributed by atoms with Gasteiger partial charge in [-0.25, -0.2) is 19.2 Å². The molecule has 308 valence electrons. The first-order chi connectivity index (χ1) is 28.2. The van der Waals surface area contributed by atoms with Crippen molar-refractivity contribution in [2.75, 3.05) is 19.7 Å². The number of nitrogens with zero attached hydrogens (tertiary/aromatic N) is 3. The molecule has 4 amide bonds. The molecule has 4 aromatic rings. The highest BCUT2D eigenvalue weighted by Gasteiger charge is 2.22. The van der Waals surface area contributed by atoms with E-state index in [1.54, 1.807) is 43.9 Å². The molecule has 1 aromatic heterocycles. The molecule has 2 atom stereocenters. The molecular weight excluding hydrogens is 739 g/mol. The van der Waals surface area contributed by atoms with E-state index in [0.717, 1.165) is 60.8 Å². The van der Waals surface area contributed by atoms with Crippen LogP contribution in [0.5, 0.6) is 0 Å². The Kier molecular flexibility index (Phi) is 21.2. The Morgan fingerprint density at radius 2 is 1.17 bits per heavy atom. The second kappa shape index (κ2) is 26.9. The molecule has 3 aromatic carbocycles. The van der Waals surface area contributed by atoms with Gasteiger partial charge < -0.3 is 42.8 Å². The van der Waals surface area contributed by atoms with Crippen LogP contribution in [-0.4, -0.2) is 78.3 Å². The van der Waals surface area contributed by atoms with Crippen LogP contribution in [0.2, 0.25) is 0 Å². The first kappa shape index (κ1) is 45.6. The van der Waals surface area contributed by atoms with E-state index >= 15 is 0 Å². The summed E-state index contributed by atoms with van der Waals surface area (Å²) in [6.07, 6.45) is 12.2. The summed E-state index contributed by atoms with van der Waals surface area (Å²) in [6, 6.07) is 26.5. The highest BCUT2D eigenvalue weighted by atomic mass is 16.5. The zero-order chi connectivity index (χ0) is 41.8. The van der Waals surface area contributed by atoms with Crippen LogP contribution in [0.15, 0.2) is 114 Å². The number of hydrogen-bond acceptors (Lipinski definition) is 10. The normalized spacial score (nSPS) is 11.8. The smallest absolute Gasteiger partial charge is 0.329 e. The van der Waals surface area contributed by atoms with Gasteiger partial charge in [-0.3, -0.25) is 4.98 Å². The Bertz CT molecular complexity index is 1860. The van der Waals surface area contributed by atoms with E-state index < -0.39 is 30.1 Å². The quantitative estimate of drug-likeness (QED) is 0.0207. The van der Waals surface area contributed by atoms with Crippen molar-refractivity contribution in [3.63, 3.8) is 0 Å². The number of pyridine rings is 1. The number of carboxylic acids is 1. The van der Waals surface area contributed by atoms with Crippen molar-refractivity contribution in [3.05, 3.63) is 137 Å². The second-order valence-corrected chi connectivity index (χ2v) is 13.2. The summed E-state index contributed by atoms with van der Waals surface area (Å²) in [5.41, 5.74) is 6.04. The number of nitrogens with two attached hydrogens (primary N) is 2. The number of amides is 4. The molecule has 2 unspecified atom stereocenters. The van der Waals surface area contributed by atoms with Crippen LogP contribution in [-0.2, 0) is 40.0 Å². The Hall–Kier alpha value is -6.77. The molecule has 0 bridgehead atoms. The number of aromatic nitrogens is 1. The highest BCUT2D eigenvalue weighted by molar-refractivity contribution is 5.84. The third-order valence-electron chi connectivity index (χ3n) is 8.69. The number of benzene rings is 3. The zero-order valence-corrected chi connectivity index (χ0v) is 32.9. The summed E-state index contributed by atoms with van der Waals surface area (Å²) in [5.74, 6) is 8.74. The van der Waals surface area contributed by atoms with Crippen molar-refractivity contribution in [2.45, 2.75) is 70.4 Å². The maximum Gasteiger partial charge on any atom is 0.329 e. The van der Waals surface area contributed by atoms with Crippen molar-refractivity contribution in [3.8, 4) is 0 Å². The maximum atomic E-state index is 12.2. The molecule has 0 spiro atoms. The molecule has 15 heteroatoms. The summed E-state index contributed by atoms with van der Waals surface area (Å²) in [5, 5.41) is 27.0. The van der Waals surface area contributed by atoms with Crippen LogP contribution < -0.4 is 33.0 Å². The van der Waals surface area contributed by atoms with Gasteiger partial charge in [-0.1, -0.05) is 84.9 Å². The summed E-state index contributed by atoms with van der Waals surface area (Å²) < 4.78 is 5.10. The topological polar surface area (TPSA) is 236 Å². The average Bonchev–Trinajstić information content (AvgIpc) is 3.22. The van der Waals surface area contributed by atoms with Crippen molar-refractivity contribution in [1.29, 1.82) is 0 Å². The number of aliphatic carboxylic acids is 1. The van der Waals surface area contributed by atoms with Gasteiger partial charge in [-0.05, 0) is 84.9 Å². The summed E-state index contributed by atoms with van der Waals surface area (Å²) in [7, 11) is 0. The van der Waals surface area contributed by atoms with E-state index in [-0.39, 0.29) is 19.1 Å². The third-order valence-corrected chi connectivity index (χ3v) is 8.69. The predicted molar refractivity (Wildman–Crippen MR) is 225 cm³/mol. The third kappa shape index (κ3) is 18.7. The van der Waals surface area contributed by atoms with Crippen molar-refractivity contribution >= 4 is 36.4 Å². The molecule has 0 aliphatic heterocycles. The second-order valence-electron chi connectivity index (χ2n) is 13.2. The Morgan fingerprint density at radius 1 is 0.672 bits per heavy atom. The van der Waals surface area contributed by atoms with Gasteiger partial charge in [0.1, 0.15) is 12.1 Å². The van der Waals surface area contributed by atoms with Crippen LogP contribution in [0.4, 0.5) is 9.59 Å². The van der Waals surface area contributed by atoms with E-state index in [9.17, 15) is 24.3 Å². The van der Waals surface area contributed by atoms with Crippen LogP contribution in [0.3, 0.4) is 0 Å². The van der Waals surface area contributed by atoms with E-state index in [2.05, 4.69) is 36.5 Å². The average molecular weight is 794 g/mol. The molecule has 0 radical (unpaired) electrons. The molecule has 0 saturated carbocycles. The van der Waals surface area contributed by atoms with Gasteiger partial charge in [0, 0.05) is 38.3 Å². The molecule has 58 heavy (non-hydrogen) atoms. The number of urea groups is 2. The lowest BCUT2D eigenvalue weighted by molar-refractivity contribution is -0.145. The van der Waals surface area contributed by atoms with Gasteiger partial charge >= 0.3 is 24.0 Å². The number of esters is 1. The number of unbranched alkanes of at least 4 members (excludes halogenated alkanes) is 2. The van der Waals surface area contributed by atoms with Gasteiger partial charge in [0.25, 0.3) is 0 Å². The molecule has 0 fully saturated rings. The lowest BCUT2D eigenvalue weighted by Gasteiger charge is -2.18. The maximum absolute atomic E-state index is 12.2. The lowest BCUT2D eigenvalue weighted by Crippen LogP contribution is -2.48. The Morgan fingerprint density at radius 3 is 1.64 bits per heavy atom. The lowest BCUT2D eigenvalue weighted by atomic mass is 10.1. The first-order valence-corrected chi connectivity index (χ1v) is 19.3. The molecule has 0 aliphatic carbocycles. The highest BCUT2D eigenvalue weighted by Crippen LogP contribution is 2.09. The van der Waals surface area contributed by atoms with Crippen LogP contribution in [0, 0.1) is 0 Å². The van der Waals surface area contributed by atoms with Gasteiger partial charge in [0.05, 0.1) is 19.0 Å². The molecular formula is C43H55N9O6. The number of ether oxygens (including phenoxy) is 1. The van der Waals surface area contributed by atoms with E-state index in [1.165, 1.54) is 11.1 Å². The minimum absolute atomic E-state index is 0.182. The molecule has 0 saturated heterocycles. The number of hydrazone groups is 2. The number of hydrogen-bond donors (Lipinski definition) is 7. The number of carboxylic acid groups (broad SMARTS) is 1. The summed E-state index contributed by atoms with van der Waals surface area (Å²) >= 11 is 0. The molecule has 15 nitrogen and oxygen atoms in total. The Balaban J connectivity index is 0.000000311. The van der Waals surface area contributed by atoms with Crippen LogP contribution in [0.1, 0.15) is 66.0 Å². The molecule has 4 rings (SSSR count). The van der Waals surface area contributed by atoms with Crippen molar-refractivity contribution in [1.82, 2.24) is 26.3 Å². The number of rotatable bonds is 21. The molecule has 1 heterocycles. The number of aryl methyl sites for hydroxylation is 2. The van der Waals surface area contributed by atoms with Gasteiger partial charge in [-0.2, -0.15) is 10.2 Å². The van der Waals surface area contributed by atoms with E-state index in [1.807, 2.05) is 78.9 Å². The standard InChI is InChI=1S/C23H30N4O3.C20H25N5O3/c1-2-30-22(28)21(16-19-9-4-3-5-10-19)27-23(29)25-15-7-6-8-18-11-13-20(14-12-18)17-26-24;21-24-14-16-8-6-15(7-9-16)4-1-2-11-23-20(28)25-18(19(26)27)12-17-5-3-10-22-13-17/h3-5,9-14,17,21H,2,6-8,15-16,24H2,1H3,(H2,25,27,29);3,5-10,13-14,18H,1-2,4,11-12,21H2,(H,26,27)(H2,23,25,28). The van der Waals surface area contributed by atoms with Gasteiger partial charge in [0.15, 0.2) is 0 Å². The predicted octanol–water partition coefficient (Wildman–Crippen LogP) is 4.47. The van der Waals surface area contributed by atoms with Crippen molar-refractivity contribution in [2.24, 2.45) is 21.9 Å². The zero-order valence-electron chi connectivity index (χ0n) is 32.9.